The van der Waals surface area contributed by atoms with Crippen LogP contribution in [-0.2, 0) is 11.3 Å². The van der Waals surface area contributed by atoms with Gasteiger partial charge in [0.2, 0.25) is 5.91 Å². The van der Waals surface area contributed by atoms with Gasteiger partial charge in [-0.3, -0.25) is 24.1 Å². The van der Waals surface area contributed by atoms with E-state index in [4.69, 9.17) is 0 Å². The number of pyridine rings is 1. The molecule has 7 heteroatoms. The van der Waals surface area contributed by atoms with Crippen molar-refractivity contribution in [3.63, 3.8) is 0 Å². The normalized spacial score (nSPS) is 12.0. The lowest BCUT2D eigenvalue weighted by atomic mass is 10.1. The fourth-order valence-corrected chi connectivity index (χ4v) is 2.20. The number of nitrogens with one attached hydrogen (secondary N) is 2. The Morgan fingerprint density at radius 1 is 1.36 bits per heavy atom. The summed E-state index contributed by atoms with van der Waals surface area (Å²) in [6.07, 6.45) is 3.04. The van der Waals surface area contributed by atoms with E-state index in [0.29, 0.717) is 5.56 Å². The number of nitrogens with zero attached hydrogens (tertiary/aromatic N) is 2. The first-order chi connectivity index (χ1) is 10.4. The maximum atomic E-state index is 12.1. The zero-order valence-electron chi connectivity index (χ0n) is 12.7. The third-order valence-corrected chi connectivity index (χ3v) is 3.34. The molecule has 1 atom stereocenters. The van der Waals surface area contributed by atoms with Crippen molar-refractivity contribution in [2.24, 2.45) is 0 Å². The minimum Gasteiger partial charge on any atom is -0.346 e. The van der Waals surface area contributed by atoms with Gasteiger partial charge in [0.25, 0.3) is 5.56 Å². The molecule has 0 bridgehead atoms. The van der Waals surface area contributed by atoms with Gasteiger partial charge in [0, 0.05) is 18.0 Å². The fourth-order valence-electron chi connectivity index (χ4n) is 2.20. The van der Waals surface area contributed by atoms with Crippen LogP contribution in [0.2, 0.25) is 0 Å². The zero-order chi connectivity index (χ0) is 16.3. The molecule has 0 saturated carbocycles. The maximum Gasteiger partial charge on any atom is 0.328 e. The number of hydrogen-bond acceptors (Lipinski definition) is 4. The van der Waals surface area contributed by atoms with Crippen LogP contribution in [0.3, 0.4) is 0 Å². The van der Waals surface area contributed by atoms with Gasteiger partial charge < -0.3 is 5.32 Å². The molecule has 0 spiro atoms. The molecular formula is C15H18N4O3. The summed E-state index contributed by atoms with van der Waals surface area (Å²) in [7, 11) is 0. The summed E-state index contributed by atoms with van der Waals surface area (Å²) in [5.74, 6) is -0.328. The van der Waals surface area contributed by atoms with E-state index in [1.807, 2.05) is 26.0 Å². The summed E-state index contributed by atoms with van der Waals surface area (Å²) in [4.78, 5) is 41.4. The SMILES string of the molecule is Cc1cccnc1[C@H](C)NC(=O)Cn1cc(C)c(=O)[nH]c1=O. The Labute approximate surface area is 127 Å². The number of hydrogen-bond donors (Lipinski definition) is 2. The lowest BCUT2D eigenvalue weighted by Crippen LogP contribution is -2.37. The Hall–Kier alpha value is -2.70. The predicted octanol–water partition coefficient (Wildman–Crippen LogP) is 0.426. The van der Waals surface area contributed by atoms with Crippen molar-refractivity contribution >= 4 is 5.91 Å². The molecule has 0 unspecified atom stereocenters. The maximum absolute atomic E-state index is 12.1. The average Bonchev–Trinajstić information content (AvgIpc) is 2.45. The Morgan fingerprint density at radius 2 is 2.09 bits per heavy atom. The van der Waals surface area contributed by atoms with Crippen molar-refractivity contribution in [1.82, 2.24) is 19.9 Å². The van der Waals surface area contributed by atoms with Gasteiger partial charge in [-0.15, -0.1) is 0 Å². The highest BCUT2D eigenvalue weighted by Gasteiger charge is 2.13. The van der Waals surface area contributed by atoms with Gasteiger partial charge in [-0.2, -0.15) is 0 Å². The predicted molar refractivity (Wildman–Crippen MR) is 81.6 cm³/mol. The largest absolute Gasteiger partial charge is 0.346 e. The van der Waals surface area contributed by atoms with Gasteiger partial charge in [-0.25, -0.2) is 4.79 Å². The summed E-state index contributed by atoms with van der Waals surface area (Å²) in [5.41, 5.74) is 1.08. The number of aromatic amines is 1. The van der Waals surface area contributed by atoms with E-state index in [2.05, 4.69) is 15.3 Å². The third kappa shape index (κ3) is 3.49. The summed E-state index contributed by atoms with van der Waals surface area (Å²) in [6, 6.07) is 3.48. The molecular weight excluding hydrogens is 284 g/mol. The van der Waals surface area contributed by atoms with Crippen molar-refractivity contribution in [3.05, 3.63) is 62.2 Å². The number of carbonyl (C=O) groups is 1. The van der Waals surface area contributed by atoms with Crippen molar-refractivity contribution < 1.29 is 4.79 Å². The number of carbonyl (C=O) groups excluding carboxylic acids is 1. The fraction of sp³-hybridized carbons (Fsp3) is 0.333. The van der Waals surface area contributed by atoms with Crippen LogP contribution in [0.25, 0.3) is 0 Å². The van der Waals surface area contributed by atoms with Gasteiger partial charge >= 0.3 is 5.69 Å². The van der Waals surface area contributed by atoms with Crippen LogP contribution in [0.1, 0.15) is 29.8 Å². The molecule has 2 heterocycles. The molecule has 0 fully saturated rings. The molecule has 0 saturated heterocycles. The second-order valence-electron chi connectivity index (χ2n) is 5.19. The summed E-state index contributed by atoms with van der Waals surface area (Å²) in [5, 5.41) is 2.79. The topological polar surface area (TPSA) is 96.8 Å². The first-order valence-electron chi connectivity index (χ1n) is 6.89. The summed E-state index contributed by atoms with van der Waals surface area (Å²) in [6.45, 7) is 5.16. The number of aryl methyl sites for hydroxylation is 2. The third-order valence-electron chi connectivity index (χ3n) is 3.34. The Kier molecular flexibility index (Phi) is 4.55. The van der Waals surface area contributed by atoms with Crippen molar-refractivity contribution in [1.29, 1.82) is 0 Å². The summed E-state index contributed by atoms with van der Waals surface area (Å²) >= 11 is 0. The molecule has 1 amide bonds. The zero-order valence-corrected chi connectivity index (χ0v) is 12.7. The number of H-pyrrole nitrogens is 1. The Balaban J connectivity index is 2.11. The first kappa shape index (κ1) is 15.7. The van der Waals surface area contributed by atoms with Gasteiger partial charge in [-0.05, 0) is 32.4 Å². The van der Waals surface area contributed by atoms with Crippen LogP contribution in [0.15, 0.2) is 34.1 Å². The number of rotatable bonds is 4. The van der Waals surface area contributed by atoms with Crippen LogP contribution in [0.5, 0.6) is 0 Å². The molecule has 2 aromatic rings. The standard InChI is InChI=1S/C15H18N4O3/c1-9-5-4-6-16-13(9)11(3)17-12(20)8-19-7-10(2)14(21)18-15(19)22/h4-7,11H,8H2,1-3H3,(H,17,20)(H,18,21,22)/t11-/m0/s1. The smallest absolute Gasteiger partial charge is 0.328 e. The van der Waals surface area contributed by atoms with Crippen molar-refractivity contribution in [2.45, 2.75) is 33.4 Å². The van der Waals surface area contributed by atoms with Crippen LogP contribution in [0, 0.1) is 13.8 Å². The second kappa shape index (κ2) is 6.38. The van der Waals surface area contributed by atoms with E-state index in [1.54, 1.807) is 13.1 Å². The Morgan fingerprint density at radius 3 is 2.77 bits per heavy atom. The van der Waals surface area contributed by atoms with Gasteiger partial charge in [0.15, 0.2) is 0 Å². The molecule has 0 aliphatic carbocycles. The minimum absolute atomic E-state index is 0.160. The van der Waals surface area contributed by atoms with E-state index in [9.17, 15) is 14.4 Å². The van der Waals surface area contributed by atoms with E-state index in [1.165, 1.54) is 10.8 Å². The highest BCUT2D eigenvalue weighted by Crippen LogP contribution is 2.13. The Bertz CT molecular complexity index is 807. The molecule has 2 rings (SSSR count). The van der Waals surface area contributed by atoms with Gasteiger partial charge in [-0.1, -0.05) is 6.07 Å². The van der Waals surface area contributed by atoms with Gasteiger partial charge in [0.05, 0.1) is 11.7 Å². The highest BCUT2D eigenvalue weighted by molar-refractivity contribution is 5.76. The monoisotopic (exact) mass is 302 g/mol. The van der Waals surface area contributed by atoms with Gasteiger partial charge in [0.1, 0.15) is 6.54 Å². The molecule has 2 N–H and O–H groups in total. The summed E-state index contributed by atoms with van der Waals surface area (Å²) < 4.78 is 1.17. The van der Waals surface area contributed by atoms with E-state index in [-0.39, 0.29) is 18.5 Å². The lowest BCUT2D eigenvalue weighted by molar-refractivity contribution is -0.122. The second-order valence-corrected chi connectivity index (χ2v) is 5.19. The molecule has 0 radical (unpaired) electrons. The van der Waals surface area contributed by atoms with Crippen LogP contribution in [0.4, 0.5) is 0 Å². The van der Waals surface area contributed by atoms with E-state index < -0.39 is 11.2 Å². The van der Waals surface area contributed by atoms with Crippen LogP contribution in [-0.4, -0.2) is 20.4 Å². The highest BCUT2D eigenvalue weighted by atomic mass is 16.2. The quantitative estimate of drug-likeness (QED) is 0.855. The molecule has 0 aliphatic rings. The van der Waals surface area contributed by atoms with Crippen molar-refractivity contribution in [2.75, 3.05) is 0 Å². The van der Waals surface area contributed by atoms with E-state index >= 15 is 0 Å². The number of amides is 1. The molecule has 0 aromatic carbocycles. The molecule has 116 valence electrons. The van der Waals surface area contributed by atoms with Crippen LogP contribution >= 0.6 is 0 Å². The number of aromatic nitrogens is 3. The van der Waals surface area contributed by atoms with E-state index in [0.717, 1.165) is 11.3 Å². The molecule has 22 heavy (non-hydrogen) atoms. The van der Waals surface area contributed by atoms with Crippen LogP contribution < -0.4 is 16.6 Å². The molecule has 0 aliphatic heterocycles. The first-order valence-corrected chi connectivity index (χ1v) is 6.89. The average molecular weight is 302 g/mol. The molecule has 2 aromatic heterocycles. The lowest BCUT2D eigenvalue weighted by Gasteiger charge is -2.15. The molecule has 7 nitrogen and oxygen atoms in total. The van der Waals surface area contributed by atoms with Crippen molar-refractivity contribution in [3.8, 4) is 0 Å². The minimum atomic E-state index is -0.604.